The second-order valence-corrected chi connectivity index (χ2v) is 23.2. The molecule has 0 spiro atoms. The number of aliphatic hydroxyl groups is 1. The number of hydrogen-bond donors (Lipinski definition) is 3. The maximum absolute atomic E-state index is 12.9. The van der Waals surface area contributed by atoms with E-state index in [0.717, 1.165) is 96.3 Å². The highest BCUT2D eigenvalue weighted by Crippen LogP contribution is 2.45. The van der Waals surface area contributed by atoms with Gasteiger partial charge in [-0.25, -0.2) is 9.13 Å². The Labute approximate surface area is 454 Å². The summed E-state index contributed by atoms with van der Waals surface area (Å²) >= 11 is 0. The van der Waals surface area contributed by atoms with Gasteiger partial charge in [0.2, 0.25) is 0 Å². The zero-order valence-corrected chi connectivity index (χ0v) is 49.3. The van der Waals surface area contributed by atoms with Crippen LogP contribution in [0.25, 0.3) is 0 Å². The van der Waals surface area contributed by atoms with Crippen molar-refractivity contribution < 1.29 is 80.2 Å². The first-order valence-electron chi connectivity index (χ1n) is 29.8. The highest BCUT2D eigenvalue weighted by molar-refractivity contribution is 7.47. The van der Waals surface area contributed by atoms with E-state index in [9.17, 15) is 43.2 Å². The Bertz CT molecular complexity index is 1470. The number of rotatable bonds is 57. The summed E-state index contributed by atoms with van der Waals surface area (Å²) < 4.78 is 67.4. The largest absolute Gasteiger partial charge is 0.472 e. The van der Waals surface area contributed by atoms with Gasteiger partial charge in [-0.1, -0.05) is 227 Å². The average Bonchev–Trinajstić information content (AvgIpc) is 3.38. The van der Waals surface area contributed by atoms with E-state index in [0.29, 0.717) is 25.7 Å². The molecule has 2 unspecified atom stereocenters. The minimum atomic E-state index is -4.93. The van der Waals surface area contributed by atoms with Crippen LogP contribution in [0.3, 0.4) is 0 Å². The number of unbranched alkanes of at least 4 members (excludes halogenated alkanes) is 31. The molecule has 0 radical (unpaired) electrons. The summed E-state index contributed by atoms with van der Waals surface area (Å²) in [6.07, 6.45) is 33.7. The van der Waals surface area contributed by atoms with E-state index in [1.807, 2.05) is 0 Å². The van der Waals surface area contributed by atoms with Crippen molar-refractivity contribution in [3.63, 3.8) is 0 Å². The Kier molecular flexibility index (Phi) is 50.2. The lowest BCUT2D eigenvalue weighted by molar-refractivity contribution is -0.161. The van der Waals surface area contributed by atoms with Crippen LogP contribution in [0.2, 0.25) is 0 Å². The van der Waals surface area contributed by atoms with Crippen molar-refractivity contribution in [1.82, 2.24) is 0 Å². The van der Waals surface area contributed by atoms with Crippen LogP contribution in [0.15, 0.2) is 0 Å². The van der Waals surface area contributed by atoms with Crippen LogP contribution in [0, 0.1) is 0 Å². The van der Waals surface area contributed by atoms with Crippen molar-refractivity contribution in [2.45, 2.75) is 296 Å². The van der Waals surface area contributed by atoms with Gasteiger partial charge >= 0.3 is 39.5 Å². The van der Waals surface area contributed by atoms with Gasteiger partial charge in [-0.2, -0.15) is 0 Å². The van der Waals surface area contributed by atoms with Crippen LogP contribution in [-0.4, -0.2) is 96.7 Å². The van der Waals surface area contributed by atoms with E-state index in [1.165, 1.54) is 103 Å². The summed E-state index contributed by atoms with van der Waals surface area (Å²) in [5.41, 5.74) is 0. The average molecular weight is 1120 g/mol. The van der Waals surface area contributed by atoms with Gasteiger partial charge in [-0.15, -0.1) is 0 Å². The number of ether oxygens (including phenoxy) is 4. The van der Waals surface area contributed by atoms with E-state index in [2.05, 4.69) is 27.7 Å². The molecule has 0 heterocycles. The molecule has 0 aliphatic carbocycles. The lowest BCUT2D eigenvalue weighted by Crippen LogP contribution is -2.30. The van der Waals surface area contributed by atoms with Crippen molar-refractivity contribution in [3.05, 3.63) is 0 Å². The fourth-order valence-electron chi connectivity index (χ4n) is 8.22. The van der Waals surface area contributed by atoms with Gasteiger partial charge in [-0.05, 0) is 25.7 Å². The Hall–Kier alpha value is -1.94. The third-order valence-electron chi connectivity index (χ3n) is 12.9. The number of carbonyl (C=O) groups is 4. The van der Waals surface area contributed by atoms with Gasteiger partial charge in [0, 0.05) is 25.7 Å². The van der Waals surface area contributed by atoms with Crippen LogP contribution in [0.5, 0.6) is 0 Å². The molecule has 444 valence electrons. The summed E-state index contributed by atoms with van der Waals surface area (Å²) in [7, 11) is -9.86. The SMILES string of the molecule is CCCCCCCCCCCCC(=O)OC[C@H](COP(=O)(O)OC[C@@H](O)COP(=O)(O)OC[C@@H](COC(=O)CCCCCCC)OC(=O)CCCCCCCCCCCC)OC(=O)CCCCCCCCCCCC. The number of aliphatic hydroxyl groups excluding tert-OH is 1. The number of carbonyl (C=O) groups excluding carboxylic acids is 4. The minimum Gasteiger partial charge on any atom is -0.462 e. The standard InChI is InChI=1S/C56H108O17P2/c1-5-9-13-17-20-23-26-29-33-37-41-54(59)67-47-52(73-56(61)43-39-35-31-28-25-22-19-15-11-7-3)49-71-75(64,65)69-45-50(57)44-68-74(62,63)70-48-51(46-66-53(58)40-36-32-16-12-8-4)72-55(60)42-38-34-30-27-24-21-18-14-10-6-2/h50-52,57H,5-49H2,1-4H3,(H,62,63)(H,64,65)/t50-,51+,52+/m0/s1. The van der Waals surface area contributed by atoms with Gasteiger partial charge in [-0.3, -0.25) is 37.3 Å². The lowest BCUT2D eigenvalue weighted by Gasteiger charge is -2.21. The lowest BCUT2D eigenvalue weighted by atomic mass is 10.1. The van der Waals surface area contributed by atoms with Crippen LogP contribution in [-0.2, 0) is 65.4 Å². The van der Waals surface area contributed by atoms with Crippen LogP contribution >= 0.6 is 15.6 Å². The van der Waals surface area contributed by atoms with Gasteiger partial charge in [0.1, 0.15) is 19.3 Å². The number of phosphoric acid groups is 2. The normalized spacial score (nSPS) is 14.4. The second kappa shape index (κ2) is 51.5. The molecule has 0 saturated carbocycles. The van der Waals surface area contributed by atoms with Crippen molar-refractivity contribution in [2.24, 2.45) is 0 Å². The van der Waals surface area contributed by atoms with Crippen molar-refractivity contribution >= 4 is 39.5 Å². The van der Waals surface area contributed by atoms with Crippen molar-refractivity contribution in [2.75, 3.05) is 39.6 Å². The highest BCUT2D eigenvalue weighted by Gasteiger charge is 2.30. The maximum Gasteiger partial charge on any atom is 0.472 e. The van der Waals surface area contributed by atoms with Gasteiger partial charge in [0.15, 0.2) is 12.2 Å². The van der Waals surface area contributed by atoms with E-state index >= 15 is 0 Å². The van der Waals surface area contributed by atoms with Gasteiger partial charge in [0.25, 0.3) is 0 Å². The first-order chi connectivity index (χ1) is 36.2. The minimum absolute atomic E-state index is 0.106. The fourth-order valence-corrected chi connectivity index (χ4v) is 9.80. The maximum atomic E-state index is 12.9. The summed E-state index contributed by atoms with van der Waals surface area (Å²) in [5.74, 6) is -2.16. The third kappa shape index (κ3) is 51.3. The predicted octanol–water partition coefficient (Wildman–Crippen LogP) is 14.8. The molecule has 17 nitrogen and oxygen atoms in total. The molecule has 0 fully saturated rings. The first-order valence-corrected chi connectivity index (χ1v) is 32.8. The topological polar surface area (TPSA) is 237 Å². The zero-order chi connectivity index (χ0) is 55.5. The molecule has 0 aliphatic rings. The smallest absolute Gasteiger partial charge is 0.462 e. The Morgan fingerprint density at radius 3 is 0.787 bits per heavy atom. The van der Waals surface area contributed by atoms with Gasteiger partial charge in [0.05, 0.1) is 26.4 Å². The van der Waals surface area contributed by atoms with Crippen molar-refractivity contribution in [3.8, 4) is 0 Å². The molecule has 0 rings (SSSR count). The highest BCUT2D eigenvalue weighted by atomic mass is 31.2. The number of phosphoric ester groups is 2. The van der Waals surface area contributed by atoms with E-state index < -0.39 is 97.5 Å². The van der Waals surface area contributed by atoms with E-state index in [1.54, 1.807) is 0 Å². The molecule has 3 N–H and O–H groups in total. The quantitative estimate of drug-likeness (QED) is 0.0222. The third-order valence-corrected chi connectivity index (χ3v) is 14.8. The van der Waals surface area contributed by atoms with E-state index in [4.69, 9.17) is 37.0 Å². The molecule has 0 aromatic carbocycles. The molecule has 19 heteroatoms. The van der Waals surface area contributed by atoms with Crippen LogP contribution in [0.1, 0.15) is 278 Å². The second-order valence-electron chi connectivity index (χ2n) is 20.3. The molecule has 0 aliphatic heterocycles. The summed E-state index contributed by atoms with van der Waals surface area (Å²) in [6.45, 7) is 4.72. The summed E-state index contributed by atoms with van der Waals surface area (Å²) in [4.78, 5) is 71.5. The Morgan fingerprint density at radius 2 is 0.533 bits per heavy atom. The van der Waals surface area contributed by atoms with Crippen LogP contribution < -0.4 is 0 Å². The molecule has 0 bridgehead atoms. The molecule has 0 aromatic heterocycles. The number of hydrogen-bond acceptors (Lipinski definition) is 15. The molecule has 0 saturated heterocycles. The molecular weight excluding hydrogens is 1010 g/mol. The van der Waals surface area contributed by atoms with Crippen molar-refractivity contribution in [1.29, 1.82) is 0 Å². The Balaban J connectivity index is 5.17. The van der Waals surface area contributed by atoms with Gasteiger partial charge < -0.3 is 33.8 Å². The monoisotopic (exact) mass is 1110 g/mol. The fraction of sp³-hybridized carbons (Fsp3) is 0.929. The zero-order valence-electron chi connectivity index (χ0n) is 47.5. The molecular formula is C56H108O17P2. The summed E-state index contributed by atoms with van der Waals surface area (Å²) in [5, 5.41) is 10.5. The molecule has 75 heavy (non-hydrogen) atoms. The number of esters is 4. The van der Waals surface area contributed by atoms with E-state index in [-0.39, 0.29) is 25.7 Å². The predicted molar refractivity (Wildman–Crippen MR) is 294 cm³/mol. The first kappa shape index (κ1) is 73.1. The molecule has 5 atom stereocenters. The summed E-state index contributed by atoms with van der Waals surface area (Å²) in [6, 6.07) is 0. The molecule has 0 amide bonds. The molecule has 0 aromatic rings. The van der Waals surface area contributed by atoms with Crippen LogP contribution in [0.4, 0.5) is 0 Å². The Morgan fingerprint density at radius 1 is 0.320 bits per heavy atom.